The lowest BCUT2D eigenvalue weighted by Crippen LogP contribution is -2.29. The minimum absolute atomic E-state index is 0.0495. The number of nitrogens with zero attached hydrogens (tertiary/aromatic N) is 2. The SMILES string of the molecule is CCc1ccc(CN(C)C(=O)c2ccc(OC)c(S(=O)(=O)N3CCCC3)c2)cc1. The highest BCUT2D eigenvalue weighted by atomic mass is 32.2. The fourth-order valence-corrected chi connectivity index (χ4v) is 5.22. The van der Waals surface area contributed by atoms with Crippen molar-refractivity contribution in [3.05, 3.63) is 59.2 Å². The summed E-state index contributed by atoms with van der Waals surface area (Å²) in [6.45, 7) is 3.54. The molecule has 2 aromatic carbocycles. The molecule has 0 spiro atoms. The van der Waals surface area contributed by atoms with Crippen LogP contribution in [0.15, 0.2) is 47.4 Å². The first-order valence-electron chi connectivity index (χ1n) is 9.88. The molecular formula is C22H28N2O4S. The van der Waals surface area contributed by atoms with Crippen molar-refractivity contribution in [3.8, 4) is 5.75 Å². The van der Waals surface area contributed by atoms with E-state index in [4.69, 9.17) is 4.74 Å². The van der Waals surface area contributed by atoms with Gasteiger partial charge in [0.1, 0.15) is 10.6 Å². The molecule has 1 saturated heterocycles. The van der Waals surface area contributed by atoms with Crippen molar-refractivity contribution in [2.75, 3.05) is 27.2 Å². The van der Waals surface area contributed by atoms with Crippen LogP contribution in [0.3, 0.4) is 0 Å². The van der Waals surface area contributed by atoms with Crippen molar-refractivity contribution in [2.24, 2.45) is 0 Å². The van der Waals surface area contributed by atoms with Crippen LogP contribution in [-0.2, 0) is 23.0 Å². The molecule has 1 aliphatic heterocycles. The summed E-state index contributed by atoms with van der Waals surface area (Å²) in [5, 5.41) is 0. The zero-order chi connectivity index (χ0) is 21.0. The normalized spacial score (nSPS) is 14.7. The predicted octanol–water partition coefficient (Wildman–Crippen LogP) is 3.31. The molecule has 156 valence electrons. The molecule has 1 amide bonds. The van der Waals surface area contributed by atoms with Gasteiger partial charge < -0.3 is 9.64 Å². The van der Waals surface area contributed by atoms with Gasteiger partial charge in [-0.2, -0.15) is 4.31 Å². The lowest BCUT2D eigenvalue weighted by molar-refractivity contribution is 0.0785. The van der Waals surface area contributed by atoms with E-state index in [2.05, 4.69) is 19.1 Å². The maximum Gasteiger partial charge on any atom is 0.253 e. The van der Waals surface area contributed by atoms with Gasteiger partial charge in [-0.25, -0.2) is 8.42 Å². The third-order valence-electron chi connectivity index (χ3n) is 5.29. The van der Waals surface area contributed by atoms with Crippen LogP contribution in [0, 0.1) is 0 Å². The average Bonchev–Trinajstić information content (AvgIpc) is 3.29. The Kier molecular flexibility index (Phi) is 6.59. The molecule has 7 heteroatoms. The maximum atomic E-state index is 13.0. The number of carbonyl (C=O) groups excluding carboxylic acids is 1. The monoisotopic (exact) mass is 416 g/mol. The fraction of sp³-hybridized carbons (Fsp3) is 0.409. The van der Waals surface area contributed by atoms with Gasteiger partial charge in [-0.1, -0.05) is 31.2 Å². The van der Waals surface area contributed by atoms with Gasteiger partial charge in [0, 0.05) is 32.2 Å². The van der Waals surface area contributed by atoms with Crippen molar-refractivity contribution < 1.29 is 17.9 Å². The molecular weight excluding hydrogens is 388 g/mol. The Labute approximate surface area is 173 Å². The van der Waals surface area contributed by atoms with Gasteiger partial charge in [0.15, 0.2) is 0 Å². The predicted molar refractivity (Wildman–Crippen MR) is 113 cm³/mol. The summed E-state index contributed by atoms with van der Waals surface area (Å²) in [6, 6.07) is 12.7. The lowest BCUT2D eigenvalue weighted by atomic mass is 10.1. The fourth-order valence-electron chi connectivity index (χ4n) is 3.53. The summed E-state index contributed by atoms with van der Waals surface area (Å²) in [7, 11) is -0.539. The average molecular weight is 417 g/mol. The zero-order valence-corrected chi connectivity index (χ0v) is 18.0. The van der Waals surface area contributed by atoms with Gasteiger partial charge in [-0.3, -0.25) is 4.79 Å². The quantitative estimate of drug-likeness (QED) is 0.695. The van der Waals surface area contributed by atoms with E-state index in [0.717, 1.165) is 24.8 Å². The highest BCUT2D eigenvalue weighted by Crippen LogP contribution is 2.30. The standard InChI is InChI=1S/C22H28N2O4S/c1-4-17-7-9-18(10-8-17)16-23(2)22(25)19-11-12-20(28-3)21(15-19)29(26,27)24-13-5-6-14-24/h7-12,15H,4-6,13-14,16H2,1-3H3. The third kappa shape index (κ3) is 4.62. The van der Waals surface area contributed by atoms with Crippen LogP contribution in [0.5, 0.6) is 5.75 Å². The molecule has 3 rings (SSSR count). The molecule has 0 atom stereocenters. The van der Waals surface area contributed by atoms with Crippen LogP contribution < -0.4 is 4.74 Å². The molecule has 6 nitrogen and oxygen atoms in total. The third-order valence-corrected chi connectivity index (χ3v) is 7.21. The highest BCUT2D eigenvalue weighted by Gasteiger charge is 2.31. The number of carbonyl (C=O) groups is 1. The summed E-state index contributed by atoms with van der Waals surface area (Å²) in [5.41, 5.74) is 2.60. The molecule has 1 heterocycles. The molecule has 0 bridgehead atoms. The minimum Gasteiger partial charge on any atom is -0.495 e. The molecule has 2 aromatic rings. The number of methoxy groups -OCH3 is 1. The topological polar surface area (TPSA) is 66.9 Å². The van der Waals surface area contributed by atoms with Crippen molar-refractivity contribution >= 4 is 15.9 Å². The first kappa shape index (κ1) is 21.3. The van der Waals surface area contributed by atoms with Crippen molar-refractivity contribution in [1.29, 1.82) is 0 Å². The van der Waals surface area contributed by atoms with Crippen LogP contribution in [-0.4, -0.2) is 50.8 Å². The van der Waals surface area contributed by atoms with E-state index in [1.54, 1.807) is 24.1 Å². The highest BCUT2D eigenvalue weighted by molar-refractivity contribution is 7.89. The minimum atomic E-state index is -3.69. The molecule has 0 aromatic heterocycles. The molecule has 0 radical (unpaired) electrons. The number of hydrogen-bond donors (Lipinski definition) is 0. The summed E-state index contributed by atoms with van der Waals surface area (Å²) >= 11 is 0. The van der Waals surface area contributed by atoms with Crippen molar-refractivity contribution in [3.63, 3.8) is 0 Å². The molecule has 1 fully saturated rings. The van der Waals surface area contributed by atoms with Gasteiger partial charge in [-0.15, -0.1) is 0 Å². The Morgan fingerprint density at radius 2 is 1.69 bits per heavy atom. The molecule has 0 unspecified atom stereocenters. The first-order valence-corrected chi connectivity index (χ1v) is 11.3. The number of sulfonamides is 1. The van der Waals surface area contributed by atoms with Gasteiger partial charge in [0.25, 0.3) is 5.91 Å². The number of hydrogen-bond acceptors (Lipinski definition) is 4. The van der Waals surface area contributed by atoms with Crippen LogP contribution in [0.1, 0.15) is 41.3 Å². The van der Waals surface area contributed by atoms with E-state index in [-0.39, 0.29) is 16.6 Å². The zero-order valence-electron chi connectivity index (χ0n) is 17.2. The van der Waals surface area contributed by atoms with Crippen LogP contribution in [0.2, 0.25) is 0 Å². The van der Waals surface area contributed by atoms with E-state index in [1.807, 2.05) is 12.1 Å². The van der Waals surface area contributed by atoms with Gasteiger partial charge >= 0.3 is 0 Å². The Morgan fingerprint density at radius 1 is 1.07 bits per heavy atom. The Hall–Kier alpha value is -2.38. The molecule has 0 saturated carbocycles. The van der Waals surface area contributed by atoms with E-state index in [9.17, 15) is 13.2 Å². The van der Waals surface area contributed by atoms with Gasteiger partial charge in [-0.05, 0) is 48.6 Å². The number of ether oxygens (including phenoxy) is 1. The molecule has 0 aliphatic carbocycles. The molecule has 29 heavy (non-hydrogen) atoms. The second kappa shape index (κ2) is 8.97. The van der Waals surface area contributed by atoms with Crippen LogP contribution in [0.25, 0.3) is 0 Å². The Bertz CT molecular complexity index is 965. The Morgan fingerprint density at radius 3 is 2.28 bits per heavy atom. The van der Waals surface area contributed by atoms with Gasteiger partial charge in [0.2, 0.25) is 10.0 Å². The second-order valence-corrected chi connectivity index (χ2v) is 9.21. The number of amides is 1. The smallest absolute Gasteiger partial charge is 0.253 e. The van der Waals surface area contributed by atoms with Gasteiger partial charge in [0.05, 0.1) is 7.11 Å². The number of benzene rings is 2. The first-order chi connectivity index (χ1) is 13.9. The van der Waals surface area contributed by atoms with Crippen molar-refractivity contribution in [2.45, 2.75) is 37.6 Å². The maximum absolute atomic E-state index is 13.0. The van der Waals surface area contributed by atoms with Crippen LogP contribution in [0.4, 0.5) is 0 Å². The lowest BCUT2D eigenvalue weighted by Gasteiger charge is -2.20. The summed E-state index contributed by atoms with van der Waals surface area (Å²) in [4.78, 5) is 14.6. The number of rotatable bonds is 7. The Balaban J connectivity index is 1.84. The summed E-state index contributed by atoms with van der Waals surface area (Å²) < 4.78 is 32.8. The molecule has 0 N–H and O–H groups in total. The van der Waals surface area contributed by atoms with Crippen LogP contribution >= 0.6 is 0 Å². The molecule has 1 aliphatic rings. The van der Waals surface area contributed by atoms with E-state index >= 15 is 0 Å². The summed E-state index contributed by atoms with van der Waals surface area (Å²) in [5.74, 6) is 0.0244. The second-order valence-electron chi connectivity index (χ2n) is 7.31. The largest absolute Gasteiger partial charge is 0.495 e. The van der Waals surface area contributed by atoms with E-state index < -0.39 is 10.0 Å². The summed E-state index contributed by atoms with van der Waals surface area (Å²) in [6.07, 6.45) is 2.66. The van der Waals surface area contributed by atoms with Crippen molar-refractivity contribution in [1.82, 2.24) is 9.21 Å². The van der Waals surface area contributed by atoms with E-state index in [0.29, 0.717) is 25.2 Å². The number of aryl methyl sites for hydroxylation is 1. The van der Waals surface area contributed by atoms with E-state index in [1.165, 1.54) is 23.0 Å².